The zero-order valence-electron chi connectivity index (χ0n) is 15.1. The molecule has 0 saturated carbocycles. The molecule has 136 valence electrons. The van der Waals surface area contributed by atoms with E-state index in [-0.39, 0.29) is 6.04 Å². The van der Waals surface area contributed by atoms with Crippen LogP contribution in [-0.2, 0) is 4.74 Å². The average molecular weight is 353 g/mol. The SMILES string of the molecule is Cc1ccc([C@H](CNc2ncnc3onc(C)c23)N2CCOCC2)cc1. The molecule has 1 aliphatic heterocycles. The van der Waals surface area contributed by atoms with E-state index in [1.807, 2.05) is 6.92 Å². The molecule has 1 saturated heterocycles. The minimum Gasteiger partial charge on any atom is -0.379 e. The van der Waals surface area contributed by atoms with Gasteiger partial charge in [0.2, 0.25) is 0 Å². The Hall–Kier alpha value is -2.51. The fourth-order valence-corrected chi connectivity index (χ4v) is 3.38. The van der Waals surface area contributed by atoms with Crippen LogP contribution in [0.15, 0.2) is 35.1 Å². The molecule has 0 amide bonds. The van der Waals surface area contributed by atoms with E-state index >= 15 is 0 Å². The van der Waals surface area contributed by atoms with E-state index in [4.69, 9.17) is 9.26 Å². The predicted molar refractivity (Wildman–Crippen MR) is 99.1 cm³/mol. The zero-order chi connectivity index (χ0) is 17.9. The fraction of sp³-hybridized carbons (Fsp3) is 0.421. The van der Waals surface area contributed by atoms with E-state index in [9.17, 15) is 0 Å². The van der Waals surface area contributed by atoms with Gasteiger partial charge in [0.15, 0.2) is 0 Å². The van der Waals surface area contributed by atoms with Gasteiger partial charge in [-0.2, -0.15) is 4.98 Å². The van der Waals surface area contributed by atoms with E-state index < -0.39 is 0 Å². The molecule has 26 heavy (non-hydrogen) atoms. The van der Waals surface area contributed by atoms with Crippen LogP contribution in [0.1, 0.15) is 22.9 Å². The van der Waals surface area contributed by atoms with Gasteiger partial charge in [-0.3, -0.25) is 4.90 Å². The van der Waals surface area contributed by atoms with E-state index in [2.05, 4.69) is 56.5 Å². The molecule has 1 aromatic carbocycles. The predicted octanol–water partition coefficient (Wildman–Crippen LogP) is 2.72. The summed E-state index contributed by atoms with van der Waals surface area (Å²) in [5.41, 5.74) is 3.86. The molecular formula is C19H23N5O2. The van der Waals surface area contributed by atoms with Crippen molar-refractivity contribution in [1.82, 2.24) is 20.0 Å². The molecule has 1 aliphatic rings. The van der Waals surface area contributed by atoms with Crippen LogP contribution in [0, 0.1) is 13.8 Å². The van der Waals surface area contributed by atoms with Crippen molar-refractivity contribution in [2.75, 3.05) is 38.2 Å². The van der Waals surface area contributed by atoms with Crippen molar-refractivity contribution in [3.05, 3.63) is 47.4 Å². The Morgan fingerprint density at radius 3 is 2.65 bits per heavy atom. The Morgan fingerprint density at radius 2 is 1.88 bits per heavy atom. The number of rotatable bonds is 5. The van der Waals surface area contributed by atoms with Crippen molar-refractivity contribution in [3.63, 3.8) is 0 Å². The van der Waals surface area contributed by atoms with Gasteiger partial charge in [-0.25, -0.2) is 4.98 Å². The minimum atomic E-state index is 0.240. The number of nitrogens with one attached hydrogen (secondary N) is 1. The largest absolute Gasteiger partial charge is 0.379 e. The first-order valence-electron chi connectivity index (χ1n) is 8.91. The van der Waals surface area contributed by atoms with E-state index in [1.54, 1.807) is 0 Å². The third-order valence-electron chi connectivity index (χ3n) is 4.85. The highest BCUT2D eigenvalue weighted by Crippen LogP contribution is 2.26. The second-order valence-electron chi connectivity index (χ2n) is 6.63. The smallest absolute Gasteiger partial charge is 0.263 e. The summed E-state index contributed by atoms with van der Waals surface area (Å²) in [7, 11) is 0. The van der Waals surface area contributed by atoms with Gasteiger partial charge in [0.1, 0.15) is 17.5 Å². The van der Waals surface area contributed by atoms with Gasteiger partial charge in [0, 0.05) is 19.6 Å². The van der Waals surface area contributed by atoms with Crippen LogP contribution in [0.3, 0.4) is 0 Å². The highest BCUT2D eigenvalue weighted by molar-refractivity contribution is 5.87. The Morgan fingerprint density at radius 1 is 1.12 bits per heavy atom. The highest BCUT2D eigenvalue weighted by Gasteiger charge is 2.23. The first-order chi connectivity index (χ1) is 12.7. The monoisotopic (exact) mass is 353 g/mol. The van der Waals surface area contributed by atoms with Crippen molar-refractivity contribution in [2.45, 2.75) is 19.9 Å². The molecule has 7 heteroatoms. The molecule has 0 radical (unpaired) electrons. The molecule has 0 bridgehead atoms. The highest BCUT2D eigenvalue weighted by atomic mass is 16.5. The number of nitrogens with zero attached hydrogens (tertiary/aromatic N) is 4. The molecule has 0 spiro atoms. The third-order valence-corrected chi connectivity index (χ3v) is 4.85. The van der Waals surface area contributed by atoms with Crippen molar-refractivity contribution >= 4 is 16.9 Å². The maximum atomic E-state index is 5.53. The molecule has 1 fully saturated rings. The summed E-state index contributed by atoms with van der Waals surface area (Å²) in [6.45, 7) is 8.13. The number of hydrogen-bond acceptors (Lipinski definition) is 7. The Bertz CT molecular complexity index is 871. The lowest BCUT2D eigenvalue weighted by atomic mass is 10.0. The van der Waals surface area contributed by atoms with Crippen LogP contribution >= 0.6 is 0 Å². The molecule has 1 atom stereocenters. The molecule has 3 heterocycles. The lowest BCUT2D eigenvalue weighted by Crippen LogP contribution is -2.41. The van der Waals surface area contributed by atoms with Crippen molar-refractivity contribution in [1.29, 1.82) is 0 Å². The number of morpholine rings is 1. The number of hydrogen-bond donors (Lipinski definition) is 1. The van der Waals surface area contributed by atoms with Crippen molar-refractivity contribution < 1.29 is 9.26 Å². The second kappa shape index (κ2) is 7.39. The summed E-state index contributed by atoms with van der Waals surface area (Å²) < 4.78 is 10.8. The number of ether oxygens (including phenoxy) is 1. The van der Waals surface area contributed by atoms with Gasteiger partial charge in [0.25, 0.3) is 5.71 Å². The Balaban J connectivity index is 1.59. The zero-order valence-corrected chi connectivity index (χ0v) is 15.1. The maximum Gasteiger partial charge on any atom is 0.263 e. The second-order valence-corrected chi connectivity index (χ2v) is 6.63. The van der Waals surface area contributed by atoms with Crippen molar-refractivity contribution in [3.8, 4) is 0 Å². The van der Waals surface area contributed by atoms with Gasteiger partial charge in [-0.05, 0) is 19.4 Å². The van der Waals surface area contributed by atoms with Gasteiger partial charge < -0.3 is 14.6 Å². The summed E-state index contributed by atoms with van der Waals surface area (Å²) in [6, 6.07) is 8.98. The fourth-order valence-electron chi connectivity index (χ4n) is 3.38. The van der Waals surface area contributed by atoms with Crippen molar-refractivity contribution in [2.24, 2.45) is 0 Å². The minimum absolute atomic E-state index is 0.240. The lowest BCUT2D eigenvalue weighted by molar-refractivity contribution is 0.0187. The molecule has 0 aliphatic carbocycles. The van der Waals surface area contributed by atoms with Crippen LogP contribution in [-0.4, -0.2) is 52.9 Å². The van der Waals surface area contributed by atoms with Gasteiger partial charge in [-0.15, -0.1) is 0 Å². The maximum absolute atomic E-state index is 5.53. The molecular weight excluding hydrogens is 330 g/mol. The average Bonchev–Trinajstić information content (AvgIpc) is 3.06. The Labute approximate surface area is 152 Å². The number of aromatic nitrogens is 3. The molecule has 0 unspecified atom stereocenters. The van der Waals surface area contributed by atoms with Gasteiger partial charge >= 0.3 is 0 Å². The third kappa shape index (κ3) is 3.40. The summed E-state index contributed by atoms with van der Waals surface area (Å²) in [5, 5.41) is 8.33. The Kier molecular flexibility index (Phi) is 4.81. The number of fused-ring (bicyclic) bond motifs is 1. The molecule has 3 aromatic rings. The van der Waals surface area contributed by atoms with Crippen LogP contribution < -0.4 is 5.32 Å². The number of benzene rings is 1. The van der Waals surface area contributed by atoms with Gasteiger partial charge in [-0.1, -0.05) is 35.0 Å². The van der Waals surface area contributed by atoms with Crippen LogP contribution in [0.25, 0.3) is 11.1 Å². The molecule has 2 aromatic heterocycles. The molecule has 4 rings (SSSR count). The number of anilines is 1. The normalized spacial score (nSPS) is 16.7. The standard InChI is InChI=1S/C19H23N5O2/c1-13-3-5-15(6-4-13)16(24-7-9-25-10-8-24)11-20-18-17-14(2)23-26-19(17)22-12-21-18/h3-6,12,16H,7-11H2,1-2H3,(H,20,21,22)/t16-/m0/s1. The van der Waals surface area contributed by atoms with Crippen LogP contribution in [0.2, 0.25) is 0 Å². The van der Waals surface area contributed by atoms with Crippen LogP contribution in [0.5, 0.6) is 0 Å². The lowest BCUT2D eigenvalue weighted by Gasteiger charge is -2.35. The topological polar surface area (TPSA) is 76.3 Å². The van der Waals surface area contributed by atoms with E-state index in [1.165, 1.54) is 17.5 Å². The summed E-state index contributed by atoms with van der Waals surface area (Å²) >= 11 is 0. The summed E-state index contributed by atoms with van der Waals surface area (Å²) in [5.74, 6) is 0.763. The summed E-state index contributed by atoms with van der Waals surface area (Å²) in [6.07, 6.45) is 1.50. The quantitative estimate of drug-likeness (QED) is 0.756. The number of aryl methyl sites for hydroxylation is 2. The summed E-state index contributed by atoms with van der Waals surface area (Å²) in [4.78, 5) is 11.0. The first-order valence-corrected chi connectivity index (χ1v) is 8.91. The van der Waals surface area contributed by atoms with Crippen LogP contribution in [0.4, 0.5) is 5.82 Å². The molecule has 1 N–H and O–H groups in total. The molecule has 7 nitrogen and oxygen atoms in total. The van der Waals surface area contributed by atoms with E-state index in [0.717, 1.165) is 49.7 Å². The van der Waals surface area contributed by atoms with Gasteiger partial charge in [0.05, 0.1) is 24.9 Å². The van der Waals surface area contributed by atoms with E-state index in [0.29, 0.717) is 5.71 Å². The first kappa shape index (κ1) is 16.9.